The lowest BCUT2D eigenvalue weighted by atomic mass is 10.3. The van der Waals surface area contributed by atoms with Gasteiger partial charge in [-0.2, -0.15) is 11.8 Å². The Morgan fingerprint density at radius 1 is 1.43 bits per heavy atom. The molecule has 0 saturated heterocycles. The Morgan fingerprint density at radius 3 is 2.96 bits per heavy atom. The van der Waals surface area contributed by atoms with E-state index in [1.807, 2.05) is 35.1 Å². The van der Waals surface area contributed by atoms with Crippen LogP contribution in [0.2, 0.25) is 0 Å². The number of hydrogen-bond acceptors (Lipinski definition) is 5. The molecule has 0 aliphatic carbocycles. The van der Waals surface area contributed by atoms with Gasteiger partial charge in [0.2, 0.25) is 0 Å². The molecular formula is C16H17N3O3S. The Balaban J connectivity index is 2.05. The number of ether oxygens (including phenoxy) is 1. The summed E-state index contributed by atoms with van der Waals surface area (Å²) in [6, 6.07) is 7.59. The number of thioether (sulfide) groups is 1. The standard InChI is InChI=1S/C16H17N3O3S/c1-3-8-17-15(20)10-22-16(21)9-19-13-7-5-4-6-12(13)18-14(19)11-23-2/h1,4-7H,8-11H2,2H3,(H,17,20). The van der Waals surface area contributed by atoms with E-state index in [4.69, 9.17) is 11.2 Å². The van der Waals surface area contributed by atoms with E-state index in [9.17, 15) is 9.59 Å². The van der Waals surface area contributed by atoms with Gasteiger partial charge in [0, 0.05) is 0 Å². The van der Waals surface area contributed by atoms with Gasteiger partial charge in [-0.3, -0.25) is 9.59 Å². The average molecular weight is 331 g/mol. The first-order valence-corrected chi connectivity index (χ1v) is 8.34. The fourth-order valence-electron chi connectivity index (χ4n) is 2.06. The van der Waals surface area contributed by atoms with Crippen LogP contribution in [0.3, 0.4) is 0 Å². The molecule has 0 saturated carbocycles. The topological polar surface area (TPSA) is 73.2 Å². The zero-order chi connectivity index (χ0) is 16.7. The van der Waals surface area contributed by atoms with E-state index in [1.54, 1.807) is 11.8 Å². The number of carbonyl (C=O) groups is 2. The Kier molecular flexibility index (Phi) is 6.06. The monoisotopic (exact) mass is 331 g/mol. The number of nitrogens with zero attached hydrogens (tertiary/aromatic N) is 2. The fourth-order valence-corrected chi connectivity index (χ4v) is 2.54. The van der Waals surface area contributed by atoms with Crippen molar-refractivity contribution in [2.24, 2.45) is 0 Å². The predicted octanol–water partition coefficient (Wildman–Crippen LogP) is 1.19. The van der Waals surface area contributed by atoms with Crippen molar-refractivity contribution in [3.8, 4) is 12.3 Å². The van der Waals surface area contributed by atoms with Gasteiger partial charge in [-0.05, 0) is 18.4 Å². The van der Waals surface area contributed by atoms with E-state index in [-0.39, 0.29) is 19.7 Å². The second kappa shape index (κ2) is 8.25. The Labute approximate surface area is 138 Å². The molecule has 0 radical (unpaired) electrons. The highest BCUT2D eigenvalue weighted by molar-refractivity contribution is 7.97. The number of imidazole rings is 1. The summed E-state index contributed by atoms with van der Waals surface area (Å²) < 4.78 is 6.79. The quantitative estimate of drug-likeness (QED) is 0.609. The van der Waals surface area contributed by atoms with E-state index in [0.717, 1.165) is 16.9 Å². The van der Waals surface area contributed by atoms with Gasteiger partial charge in [0.1, 0.15) is 12.4 Å². The van der Waals surface area contributed by atoms with Crippen LogP contribution in [-0.2, 0) is 26.6 Å². The number of amides is 1. The van der Waals surface area contributed by atoms with Gasteiger partial charge < -0.3 is 14.6 Å². The Hall–Kier alpha value is -2.46. The van der Waals surface area contributed by atoms with Crippen molar-refractivity contribution >= 4 is 34.7 Å². The predicted molar refractivity (Wildman–Crippen MR) is 89.8 cm³/mol. The molecule has 1 aromatic carbocycles. The van der Waals surface area contributed by atoms with E-state index >= 15 is 0 Å². The third-order valence-corrected chi connectivity index (χ3v) is 3.59. The number of nitrogens with one attached hydrogen (secondary N) is 1. The summed E-state index contributed by atoms with van der Waals surface area (Å²) in [6.45, 7) is -0.218. The Morgan fingerprint density at radius 2 is 2.22 bits per heavy atom. The van der Waals surface area contributed by atoms with Gasteiger partial charge in [-0.15, -0.1) is 6.42 Å². The molecule has 6 nitrogen and oxygen atoms in total. The molecule has 0 aliphatic heterocycles. The lowest BCUT2D eigenvalue weighted by Crippen LogP contribution is -2.29. The molecule has 1 aromatic heterocycles. The van der Waals surface area contributed by atoms with Crippen molar-refractivity contribution in [3.63, 3.8) is 0 Å². The third kappa shape index (κ3) is 4.50. The van der Waals surface area contributed by atoms with Gasteiger partial charge in [-0.1, -0.05) is 18.1 Å². The van der Waals surface area contributed by atoms with Crippen LogP contribution in [0.25, 0.3) is 11.0 Å². The Bertz CT molecular complexity index is 749. The second-order valence-corrected chi connectivity index (χ2v) is 5.54. The summed E-state index contributed by atoms with van der Waals surface area (Å²) in [5, 5.41) is 2.43. The summed E-state index contributed by atoms with van der Waals surface area (Å²) >= 11 is 1.62. The van der Waals surface area contributed by atoms with Crippen LogP contribution < -0.4 is 5.32 Å². The number of esters is 1. The van der Waals surface area contributed by atoms with Gasteiger partial charge in [0.15, 0.2) is 6.61 Å². The van der Waals surface area contributed by atoms with Crippen LogP contribution >= 0.6 is 11.8 Å². The first kappa shape index (κ1) is 16.9. The van der Waals surface area contributed by atoms with Gasteiger partial charge in [-0.25, -0.2) is 4.98 Å². The summed E-state index contributed by atoms with van der Waals surface area (Å²) in [4.78, 5) is 27.9. The SMILES string of the molecule is C#CCNC(=O)COC(=O)Cn1c(CSC)nc2ccccc21. The normalized spacial score (nSPS) is 10.3. The van der Waals surface area contributed by atoms with Crippen LogP contribution in [0.15, 0.2) is 24.3 Å². The van der Waals surface area contributed by atoms with Crippen LogP contribution in [0.1, 0.15) is 5.82 Å². The maximum absolute atomic E-state index is 12.0. The maximum Gasteiger partial charge on any atom is 0.326 e. The van der Waals surface area contributed by atoms with Crippen LogP contribution in [0.5, 0.6) is 0 Å². The molecule has 0 atom stereocenters. The van der Waals surface area contributed by atoms with Crippen LogP contribution in [0.4, 0.5) is 0 Å². The highest BCUT2D eigenvalue weighted by Gasteiger charge is 2.14. The first-order chi connectivity index (χ1) is 11.2. The lowest BCUT2D eigenvalue weighted by molar-refractivity contribution is -0.149. The number of benzene rings is 1. The molecule has 2 aromatic rings. The van der Waals surface area contributed by atoms with Crippen LogP contribution in [0, 0.1) is 12.3 Å². The van der Waals surface area contributed by atoms with E-state index in [2.05, 4.69) is 16.2 Å². The number of carbonyl (C=O) groups excluding carboxylic acids is 2. The fraction of sp³-hybridized carbons (Fsp3) is 0.312. The molecule has 0 bridgehead atoms. The summed E-state index contributed by atoms with van der Waals surface area (Å²) in [7, 11) is 0. The maximum atomic E-state index is 12.0. The smallest absolute Gasteiger partial charge is 0.326 e. The number of para-hydroxylation sites is 2. The van der Waals surface area contributed by atoms with Crippen molar-refractivity contribution in [1.29, 1.82) is 0 Å². The average Bonchev–Trinajstić information content (AvgIpc) is 2.89. The highest BCUT2D eigenvalue weighted by Crippen LogP contribution is 2.18. The van der Waals surface area contributed by atoms with Crippen molar-refractivity contribution < 1.29 is 14.3 Å². The zero-order valence-electron chi connectivity index (χ0n) is 12.7. The van der Waals surface area contributed by atoms with Gasteiger partial charge in [0.05, 0.1) is 23.3 Å². The molecule has 1 amide bonds. The van der Waals surface area contributed by atoms with Crippen molar-refractivity contribution in [2.45, 2.75) is 12.3 Å². The number of aromatic nitrogens is 2. The number of fused-ring (bicyclic) bond motifs is 1. The number of hydrogen-bond donors (Lipinski definition) is 1. The highest BCUT2D eigenvalue weighted by atomic mass is 32.2. The third-order valence-electron chi connectivity index (χ3n) is 3.05. The van der Waals surface area contributed by atoms with E-state index in [1.165, 1.54) is 0 Å². The lowest BCUT2D eigenvalue weighted by Gasteiger charge is -2.09. The number of terminal acetylenes is 1. The molecule has 1 heterocycles. The van der Waals surface area contributed by atoms with Gasteiger partial charge >= 0.3 is 5.97 Å². The molecule has 2 rings (SSSR count). The number of rotatable bonds is 7. The molecule has 1 N–H and O–H groups in total. The molecule has 0 aliphatic rings. The van der Waals surface area contributed by atoms with Crippen molar-refractivity contribution in [1.82, 2.24) is 14.9 Å². The minimum atomic E-state index is -0.494. The molecule has 23 heavy (non-hydrogen) atoms. The second-order valence-electron chi connectivity index (χ2n) is 4.68. The molecule has 0 unspecified atom stereocenters. The largest absolute Gasteiger partial charge is 0.454 e. The van der Waals surface area contributed by atoms with Gasteiger partial charge in [0.25, 0.3) is 5.91 Å². The summed E-state index contributed by atoms with van der Waals surface area (Å²) in [6.07, 6.45) is 7.01. The minimum absolute atomic E-state index is 0.0127. The van der Waals surface area contributed by atoms with E-state index in [0.29, 0.717) is 5.75 Å². The zero-order valence-corrected chi connectivity index (χ0v) is 13.6. The summed E-state index contributed by atoms with van der Waals surface area (Å²) in [5.41, 5.74) is 1.70. The van der Waals surface area contributed by atoms with Crippen molar-refractivity contribution in [3.05, 3.63) is 30.1 Å². The first-order valence-electron chi connectivity index (χ1n) is 6.94. The molecule has 0 spiro atoms. The molecule has 7 heteroatoms. The molecular weight excluding hydrogens is 314 g/mol. The van der Waals surface area contributed by atoms with Crippen molar-refractivity contribution in [2.75, 3.05) is 19.4 Å². The van der Waals surface area contributed by atoms with E-state index < -0.39 is 11.9 Å². The molecule has 120 valence electrons. The molecule has 0 fully saturated rings. The minimum Gasteiger partial charge on any atom is -0.454 e. The van der Waals surface area contributed by atoms with Crippen LogP contribution in [-0.4, -0.2) is 40.8 Å². The summed E-state index contributed by atoms with van der Waals surface area (Å²) in [5.74, 6) is 2.85.